The van der Waals surface area contributed by atoms with Crippen LogP contribution in [0.3, 0.4) is 0 Å². The van der Waals surface area contributed by atoms with Crippen LogP contribution in [-0.4, -0.2) is 20.6 Å². The lowest BCUT2D eigenvalue weighted by Crippen LogP contribution is -2.30. The lowest BCUT2D eigenvalue weighted by Gasteiger charge is -2.20. The highest BCUT2D eigenvalue weighted by Crippen LogP contribution is 2.23. The topological polar surface area (TPSA) is 90.1 Å². The monoisotopic (exact) mass is 330 g/mol. The van der Waals surface area contributed by atoms with Gasteiger partial charge in [0.25, 0.3) is 0 Å². The van der Waals surface area contributed by atoms with Crippen molar-refractivity contribution < 1.29 is 9.72 Å². The van der Waals surface area contributed by atoms with Crippen molar-refractivity contribution in [2.24, 2.45) is 0 Å². The molecule has 0 saturated carbocycles. The Labute approximate surface area is 140 Å². The van der Waals surface area contributed by atoms with E-state index in [1.54, 1.807) is 0 Å². The molecule has 1 N–H and O–H groups in total. The van der Waals surface area contributed by atoms with Crippen LogP contribution in [-0.2, 0) is 16.8 Å². The van der Waals surface area contributed by atoms with Crippen molar-refractivity contribution in [1.29, 1.82) is 0 Å². The molecular weight excluding hydrogens is 308 g/mol. The number of rotatable bonds is 5. The van der Waals surface area contributed by atoms with Crippen LogP contribution in [0.1, 0.15) is 44.9 Å². The average molecular weight is 330 g/mol. The number of aromatic nitrogens is 2. The second-order valence-corrected chi connectivity index (χ2v) is 6.81. The van der Waals surface area contributed by atoms with Gasteiger partial charge in [0.1, 0.15) is 18.9 Å². The normalized spacial score (nSPS) is 12.7. The van der Waals surface area contributed by atoms with E-state index in [9.17, 15) is 14.9 Å². The molecular formula is C17H22N4O3. The van der Waals surface area contributed by atoms with Crippen LogP contribution in [0.5, 0.6) is 0 Å². The minimum absolute atomic E-state index is 0.0573. The molecule has 24 heavy (non-hydrogen) atoms. The quantitative estimate of drug-likeness (QED) is 0.674. The fourth-order valence-corrected chi connectivity index (χ4v) is 2.32. The minimum atomic E-state index is -0.541. The maximum atomic E-state index is 12.1. The molecule has 2 rings (SSSR count). The van der Waals surface area contributed by atoms with Crippen molar-refractivity contribution in [2.75, 3.05) is 0 Å². The molecule has 0 aliphatic rings. The number of nitrogens with zero attached hydrogens (tertiary/aromatic N) is 3. The number of nitro groups is 1. The van der Waals surface area contributed by atoms with Gasteiger partial charge in [-0.05, 0) is 23.5 Å². The van der Waals surface area contributed by atoms with Gasteiger partial charge in [-0.3, -0.25) is 19.6 Å². The highest BCUT2D eigenvalue weighted by molar-refractivity contribution is 5.76. The molecule has 0 radical (unpaired) electrons. The molecule has 0 spiro atoms. The summed E-state index contributed by atoms with van der Waals surface area (Å²) in [6.45, 7) is 8.29. The second kappa shape index (κ2) is 6.82. The molecule has 128 valence electrons. The largest absolute Gasteiger partial charge is 0.348 e. The summed E-state index contributed by atoms with van der Waals surface area (Å²) >= 11 is 0. The van der Waals surface area contributed by atoms with Gasteiger partial charge in [0, 0.05) is 0 Å². The van der Waals surface area contributed by atoms with Gasteiger partial charge in [0.2, 0.25) is 5.91 Å². The lowest BCUT2D eigenvalue weighted by molar-refractivity contribution is -0.385. The molecule has 1 atom stereocenters. The number of hydrogen-bond donors (Lipinski definition) is 1. The first-order chi connectivity index (χ1) is 11.2. The van der Waals surface area contributed by atoms with Crippen LogP contribution < -0.4 is 5.32 Å². The Morgan fingerprint density at radius 2 is 1.96 bits per heavy atom. The molecule has 0 unspecified atom stereocenters. The van der Waals surface area contributed by atoms with Crippen LogP contribution in [0.25, 0.3) is 0 Å². The summed E-state index contributed by atoms with van der Waals surface area (Å²) in [6.07, 6.45) is 2.37. The summed E-state index contributed by atoms with van der Waals surface area (Å²) in [5.74, 6) is -0.250. The molecule has 0 bridgehead atoms. The molecule has 0 aliphatic carbocycles. The van der Waals surface area contributed by atoms with Crippen molar-refractivity contribution in [3.8, 4) is 0 Å². The van der Waals surface area contributed by atoms with Crippen molar-refractivity contribution in [3.63, 3.8) is 0 Å². The first kappa shape index (κ1) is 17.7. The highest BCUT2D eigenvalue weighted by atomic mass is 16.6. The molecule has 1 aromatic heterocycles. The van der Waals surface area contributed by atoms with E-state index in [0.717, 1.165) is 11.8 Å². The summed E-state index contributed by atoms with van der Waals surface area (Å²) in [4.78, 5) is 22.1. The number of amides is 1. The predicted molar refractivity (Wildman–Crippen MR) is 90.6 cm³/mol. The fraction of sp³-hybridized carbons (Fsp3) is 0.412. The zero-order valence-electron chi connectivity index (χ0n) is 14.3. The Morgan fingerprint density at radius 1 is 1.33 bits per heavy atom. The Hall–Kier alpha value is -2.70. The van der Waals surface area contributed by atoms with E-state index in [-0.39, 0.29) is 29.6 Å². The summed E-state index contributed by atoms with van der Waals surface area (Å²) in [7, 11) is 0. The summed E-state index contributed by atoms with van der Waals surface area (Å²) in [6, 6.07) is 7.98. The molecule has 7 nitrogen and oxygen atoms in total. The van der Waals surface area contributed by atoms with Gasteiger partial charge in [-0.15, -0.1) is 0 Å². The van der Waals surface area contributed by atoms with Crippen molar-refractivity contribution in [2.45, 2.75) is 45.7 Å². The molecule has 1 heterocycles. The van der Waals surface area contributed by atoms with Gasteiger partial charge < -0.3 is 5.32 Å². The number of carbonyl (C=O) groups is 1. The van der Waals surface area contributed by atoms with E-state index >= 15 is 0 Å². The predicted octanol–water partition coefficient (Wildman–Crippen LogP) is 2.97. The van der Waals surface area contributed by atoms with Crippen molar-refractivity contribution in [3.05, 3.63) is 57.9 Å². The maximum Gasteiger partial charge on any atom is 0.307 e. The number of nitrogens with one attached hydrogen (secondary N) is 1. The van der Waals surface area contributed by atoms with Crippen LogP contribution in [0.4, 0.5) is 5.69 Å². The second-order valence-electron chi connectivity index (χ2n) is 6.81. The first-order valence-electron chi connectivity index (χ1n) is 7.73. The lowest BCUT2D eigenvalue weighted by atomic mass is 9.86. The minimum Gasteiger partial charge on any atom is -0.348 e. The van der Waals surface area contributed by atoms with E-state index < -0.39 is 4.92 Å². The molecule has 0 saturated heterocycles. The number of carbonyl (C=O) groups excluding carboxylic acids is 1. The molecule has 1 aromatic carbocycles. The summed E-state index contributed by atoms with van der Waals surface area (Å²) < 4.78 is 1.25. The van der Waals surface area contributed by atoms with Gasteiger partial charge in [0.15, 0.2) is 0 Å². The standard InChI is InChI=1S/C17H22N4O3/c1-12(13-5-7-14(8-6-13)17(2,3)4)19-16(22)11-20-10-15(9-18-20)21(23)24/h5-10,12H,11H2,1-4H3,(H,19,22)/t12-/m0/s1. The van der Waals surface area contributed by atoms with Gasteiger partial charge in [-0.2, -0.15) is 5.10 Å². The Morgan fingerprint density at radius 3 is 2.46 bits per heavy atom. The molecule has 7 heteroatoms. The number of hydrogen-bond acceptors (Lipinski definition) is 4. The van der Waals surface area contributed by atoms with Crippen LogP contribution in [0, 0.1) is 10.1 Å². The fourth-order valence-electron chi connectivity index (χ4n) is 2.32. The van der Waals surface area contributed by atoms with Crippen LogP contribution >= 0.6 is 0 Å². The van der Waals surface area contributed by atoms with E-state index in [4.69, 9.17) is 0 Å². The van der Waals surface area contributed by atoms with E-state index in [1.807, 2.05) is 19.1 Å². The Kier molecular flexibility index (Phi) is 5.02. The smallest absolute Gasteiger partial charge is 0.307 e. The summed E-state index contributed by atoms with van der Waals surface area (Å²) in [5.41, 5.74) is 2.19. The van der Waals surface area contributed by atoms with Gasteiger partial charge >= 0.3 is 5.69 Å². The van der Waals surface area contributed by atoms with Gasteiger partial charge in [0.05, 0.1) is 11.0 Å². The Balaban J connectivity index is 1.96. The molecule has 0 fully saturated rings. The van der Waals surface area contributed by atoms with Gasteiger partial charge in [-0.25, -0.2) is 0 Å². The molecule has 1 amide bonds. The third-order valence-corrected chi connectivity index (χ3v) is 3.79. The van der Waals surface area contributed by atoms with Crippen molar-refractivity contribution in [1.82, 2.24) is 15.1 Å². The third-order valence-electron chi connectivity index (χ3n) is 3.79. The summed E-state index contributed by atoms with van der Waals surface area (Å²) in [5, 5.41) is 17.3. The molecule has 2 aromatic rings. The van der Waals surface area contributed by atoms with Crippen LogP contribution in [0.2, 0.25) is 0 Å². The van der Waals surface area contributed by atoms with E-state index in [2.05, 4.69) is 43.3 Å². The van der Waals surface area contributed by atoms with E-state index in [0.29, 0.717) is 0 Å². The highest BCUT2D eigenvalue weighted by Gasteiger charge is 2.16. The third kappa shape index (κ3) is 4.41. The SMILES string of the molecule is C[C@H](NC(=O)Cn1cc([N+](=O)[O-])cn1)c1ccc(C(C)(C)C)cc1. The average Bonchev–Trinajstić information content (AvgIpc) is 2.95. The Bertz CT molecular complexity index is 729. The zero-order valence-corrected chi connectivity index (χ0v) is 14.3. The maximum absolute atomic E-state index is 12.1. The molecule has 0 aliphatic heterocycles. The first-order valence-corrected chi connectivity index (χ1v) is 7.73. The van der Waals surface area contributed by atoms with Crippen molar-refractivity contribution >= 4 is 11.6 Å². The zero-order chi connectivity index (χ0) is 17.9. The van der Waals surface area contributed by atoms with E-state index in [1.165, 1.54) is 16.4 Å². The van der Waals surface area contributed by atoms with Crippen LogP contribution in [0.15, 0.2) is 36.7 Å². The van der Waals surface area contributed by atoms with Gasteiger partial charge in [-0.1, -0.05) is 45.0 Å². The number of benzene rings is 1.